The van der Waals surface area contributed by atoms with Gasteiger partial charge in [0.2, 0.25) is 11.8 Å². The van der Waals surface area contributed by atoms with Crippen LogP contribution in [-0.2, 0) is 16.0 Å². The highest BCUT2D eigenvalue weighted by Crippen LogP contribution is 2.42. The van der Waals surface area contributed by atoms with Crippen molar-refractivity contribution in [2.45, 2.75) is 38.8 Å². The van der Waals surface area contributed by atoms with Gasteiger partial charge < -0.3 is 10.2 Å². The lowest BCUT2D eigenvalue weighted by Crippen LogP contribution is -2.59. The minimum atomic E-state index is -0.0902. The second-order valence-electron chi connectivity index (χ2n) is 7.85. The van der Waals surface area contributed by atoms with Crippen molar-refractivity contribution in [3.05, 3.63) is 34.9 Å². The molecule has 0 saturated carbocycles. The number of likely N-dealkylation sites (N-methyl/N-ethyl adjacent to an activating group) is 1. The molecule has 1 N–H and O–H groups in total. The lowest BCUT2D eigenvalue weighted by atomic mass is 9.77. The molecule has 1 unspecified atom stereocenters. The molecule has 0 aliphatic carbocycles. The van der Waals surface area contributed by atoms with Gasteiger partial charge in [-0.3, -0.25) is 14.5 Å². The van der Waals surface area contributed by atoms with Crippen molar-refractivity contribution in [2.24, 2.45) is 5.41 Å². The lowest BCUT2D eigenvalue weighted by molar-refractivity contribution is -0.141. The Morgan fingerprint density at radius 2 is 2.04 bits per heavy atom. The third-order valence-electron chi connectivity index (χ3n) is 5.13. The number of benzene rings is 1. The molecule has 1 atom stereocenters. The van der Waals surface area contributed by atoms with E-state index in [2.05, 4.69) is 10.2 Å². The van der Waals surface area contributed by atoms with Crippen molar-refractivity contribution in [3.63, 3.8) is 0 Å². The van der Waals surface area contributed by atoms with Gasteiger partial charge in [-0.1, -0.05) is 23.7 Å². The first-order chi connectivity index (χ1) is 11.8. The minimum absolute atomic E-state index is 0.0672. The van der Waals surface area contributed by atoms with Crippen LogP contribution < -0.4 is 5.32 Å². The van der Waals surface area contributed by atoms with Crippen LogP contribution >= 0.6 is 11.6 Å². The van der Waals surface area contributed by atoms with Crippen LogP contribution in [0.1, 0.15) is 25.8 Å². The summed E-state index contributed by atoms with van der Waals surface area (Å²) in [4.78, 5) is 28.8. The Morgan fingerprint density at radius 1 is 1.32 bits per heavy atom. The predicted octanol–water partition coefficient (Wildman–Crippen LogP) is 1.94. The van der Waals surface area contributed by atoms with Crippen LogP contribution in [0.25, 0.3) is 0 Å². The number of amides is 2. The van der Waals surface area contributed by atoms with E-state index >= 15 is 0 Å². The van der Waals surface area contributed by atoms with Crippen LogP contribution in [0.15, 0.2) is 24.3 Å². The lowest BCUT2D eigenvalue weighted by Gasteiger charge is -2.48. The fraction of sp³-hybridized carbons (Fsp3) is 0.579. The quantitative estimate of drug-likeness (QED) is 0.889. The highest BCUT2D eigenvalue weighted by Gasteiger charge is 2.53. The molecule has 6 heteroatoms. The van der Waals surface area contributed by atoms with Crippen molar-refractivity contribution < 1.29 is 9.59 Å². The molecule has 2 heterocycles. The highest BCUT2D eigenvalue weighted by atomic mass is 35.5. The number of rotatable bonds is 4. The van der Waals surface area contributed by atoms with Gasteiger partial charge in [-0.05, 0) is 45.0 Å². The summed E-state index contributed by atoms with van der Waals surface area (Å²) in [6.45, 7) is 6.29. The molecule has 0 radical (unpaired) electrons. The zero-order valence-corrected chi connectivity index (χ0v) is 15.8. The third-order valence-corrected chi connectivity index (χ3v) is 5.36. The zero-order valence-electron chi connectivity index (χ0n) is 15.1. The van der Waals surface area contributed by atoms with Gasteiger partial charge in [0.25, 0.3) is 0 Å². The van der Waals surface area contributed by atoms with E-state index in [9.17, 15) is 9.59 Å². The predicted molar refractivity (Wildman–Crippen MR) is 98.5 cm³/mol. The second kappa shape index (κ2) is 6.96. The topological polar surface area (TPSA) is 52.7 Å². The Kier molecular flexibility index (Phi) is 5.07. The maximum Gasteiger partial charge on any atom is 0.237 e. The zero-order chi connectivity index (χ0) is 18.2. The monoisotopic (exact) mass is 363 g/mol. The van der Waals surface area contributed by atoms with Crippen LogP contribution in [0.5, 0.6) is 0 Å². The first-order valence-corrected chi connectivity index (χ1v) is 9.19. The average Bonchev–Trinajstić information content (AvgIpc) is 2.83. The number of nitrogens with zero attached hydrogens (tertiary/aromatic N) is 2. The van der Waals surface area contributed by atoms with Crippen molar-refractivity contribution in [1.82, 2.24) is 15.1 Å². The van der Waals surface area contributed by atoms with Gasteiger partial charge in [-0.15, -0.1) is 0 Å². The fourth-order valence-electron chi connectivity index (χ4n) is 4.05. The number of nitrogens with one attached hydrogen (secondary N) is 1. The van der Waals surface area contributed by atoms with Crippen LogP contribution in [0.4, 0.5) is 0 Å². The molecule has 2 aliphatic rings. The standard InChI is InChI=1S/C19H26ClN3O2/c1-13(2)21-18(25)16-9-19(10-22(16)3)11-23(12-19)17(24)8-14-5-4-6-15(20)7-14/h4-7,13,16H,8-12H2,1-3H3,(H,21,25). The Bertz CT molecular complexity index is 670. The summed E-state index contributed by atoms with van der Waals surface area (Å²) in [6, 6.07) is 7.50. The summed E-state index contributed by atoms with van der Waals surface area (Å²) >= 11 is 5.98. The van der Waals surface area contributed by atoms with E-state index in [1.807, 2.05) is 50.1 Å². The maximum absolute atomic E-state index is 12.5. The molecule has 0 bridgehead atoms. The molecule has 5 nitrogen and oxygen atoms in total. The van der Waals surface area contributed by atoms with Crippen molar-refractivity contribution in [3.8, 4) is 0 Å². The highest BCUT2D eigenvalue weighted by molar-refractivity contribution is 6.30. The largest absolute Gasteiger partial charge is 0.353 e. The molecular formula is C19H26ClN3O2. The van der Waals surface area contributed by atoms with E-state index < -0.39 is 0 Å². The van der Waals surface area contributed by atoms with Crippen molar-refractivity contribution in [1.29, 1.82) is 0 Å². The first kappa shape index (κ1) is 18.2. The van der Waals surface area contributed by atoms with Gasteiger partial charge in [0, 0.05) is 36.1 Å². The van der Waals surface area contributed by atoms with E-state index in [4.69, 9.17) is 11.6 Å². The number of hydrogen-bond donors (Lipinski definition) is 1. The minimum Gasteiger partial charge on any atom is -0.353 e. The molecule has 1 aromatic carbocycles. The van der Waals surface area contributed by atoms with E-state index in [1.165, 1.54) is 0 Å². The van der Waals surface area contributed by atoms with Gasteiger partial charge in [-0.25, -0.2) is 0 Å². The van der Waals surface area contributed by atoms with Crippen molar-refractivity contribution in [2.75, 3.05) is 26.7 Å². The number of hydrogen-bond acceptors (Lipinski definition) is 3. The summed E-state index contributed by atoms with van der Waals surface area (Å²) in [5.74, 6) is 0.226. The second-order valence-corrected chi connectivity index (χ2v) is 8.29. The van der Waals surface area contributed by atoms with Crippen LogP contribution in [-0.4, -0.2) is 60.4 Å². The average molecular weight is 364 g/mol. The number of carbonyl (C=O) groups excluding carboxylic acids is 2. The molecule has 136 valence electrons. The Hall–Kier alpha value is -1.59. The number of carbonyl (C=O) groups is 2. The molecule has 25 heavy (non-hydrogen) atoms. The molecule has 1 spiro atoms. The van der Waals surface area contributed by atoms with Crippen LogP contribution in [0, 0.1) is 5.41 Å². The van der Waals surface area contributed by atoms with E-state index in [-0.39, 0.29) is 29.3 Å². The molecule has 1 aromatic rings. The summed E-state index contributed by atoms with van der Waals surface area (Å²) in [7, 11) is 2.00. The van der Waals surface area contributed by atoms with Crippen LogP contribution in [0.2, 0.25) is 5.02 Å². The Balaban J connectivity index is 1.54. The SMILES string of the molecule is CC(C)NC(=O)C1CC2(CN(C(=O)Cc3cccc(Cl)c3)C2)CN1C. The maximum atomic E-state index is 12.5. The molecular weight excluding hydrogens is 338 g/mol. The van der Waals surface area contributed by atoms with Crippen molar-refractivity contribution >= 4 is 23.4 Å². The Morgan fingerprint density at radius 3 is 2.68 bits per heavy atom. The molecule has 2 aliphatic heterocycles. The number of likely N-dealkylation sites (tertiary alicyclic amines) is 2. The van der Waals surface area contributed by atoms with Crippen LogP contribution in [0.3, 0.4) is 0 Å². The van der Waals surface area contributed by atoms with Gasteiger partial charge in [0.05, 0.1) is 12.5 Å². The summed E-state index contributed by atoms with van der Waals surface area (Å²) in [5.41, 5.74) is 1.01. The van der Waals surface area contributed by atoms with Gasteiger partial charge in [-0.2, -0.15) is 0 Å². The smallest absolute Gasteiger partial charge is 0.237 e. The Labute approximate surface area is 154 Å². The van der Waals surface area contributed by atoms with Gasteiger partial charge in [0.1, 0.15) is 0 Å². The van der Waals surface area contributed by atoms with E-state index in [0.717, 1.165) is 31.6 Å². The third kappa shape index (κ3) is 3.98. The summed E-state index contributed by atoms with van der Waals surface area (Å²) < 4.78 is 0. The molecule has 2 amide bonds. The molecule has 2 fully saturated rings. The number of halogens is 1. The normalized spacial score (nSPS) is 22.3. The molecule has 0 aromatic heterocycles. The summed E-state index contributed by atoms with van der Waals surface area (Å²) in [5, 5.41) is 3.65. The van der Waals surface area contributed by atoms with E-state index in [0.29, 0.717) is 11.4 Å². The van der Waals surface area contributed by atoms with E-state index in [1.54, 1.807) is 0 Å². The fourth-order valence-corrected chi connectivity index (χ4v) is 4.26. The van der Waals surface area contributed by atoms with Gasteiger partial charge >= 0.3 is 0 Å². The first-order valence-electron chi connectivity index (χ1n) is 8.81. The van der Waals surface area contributed by atoms with Gasteiger partial charge in [0.15, 0.2) is 0 Å². The molecule has 3 rings (SSSR count). The summed E-state index contributed by atoms with van der Waals surface area (Å²) in [6.07, 6.45) is 1.20. The molecule has 2 saturated heterocycles.